The number of anilines is 1. The second kappa shape index (κ2) is 4.77. The Morgan fingerprint density at radius 3 is 2.88 bits per heavy atom. The molecule has 17 heavy (non-hydrogen) atoms. The Hall–Kier alpha value is -1.52. The smallest absolute Gasteiger partial charge is 0.305 e. The van der Waals surface area contributed by atoms with E-state index in [1.807, 2.05) is 13.8 Å². The molecule has 0 spiro atoms. The number of carbonyl (C=O) groups is 1. The molecule has 1 unspecified atom stereocenters. The van der Waals surface area contributed by atoms with Gasteiger partial charge in [0.05, 0.1) is 23.5 Å². The molecule has 1 aromatic heterocycles. The molecule has 1 aliphatic rings. The zero-order valence-corrected chi connectivity index (χ0v) is 10.4. The van der Waals surface area contributed by atoms with Gasteiger partial charge in [0.2, 0.25) is 0 Å². The number of piperidine rings is 1. The van der Waals surface area contributed by atoms with Crippen LogP contribution in [0.2, 0.25) is 0 Å². The minimum Gasteiger partial charge on any atom is -0.481 e. The van der Waals surface area contributed by atoms with Gasteiger partial charge < -0.3 is 10.0 Å². The van der Waals surface area contributed by atoms with E-state index in [1.54, 1.807) is 0 Å². The maximum atomic E-state index is 10.9. The number of aryl methyl sites for hydroxylation is 2. The highest BCUT2D eigenvalue weighted by atomic mass is 16.4. The molecule has 0 radical (unpaired) electrons. The molecule has 1 saturated heterocycles. The Kier molecular flexibility index (Phi) is 3.36. The van der Waals surface area contributed by atoms with Crippen molar-refractivity contribution in [3.05, 3.63) is 11.4 Å². The van der Waals surface area contributed by atoms with Crippen LogP contribution in [-0.4, -0.2) is 33.9 Å². The Bertz CT molecular complexity index is 394. The van der Waals surface area contributed by atoms with Crippen LogP contribution >= 0.6 is 0 Å². The fourth-order valence-electron chi connectivity index (χ4n) is 2.68. The van der Waals surface area contributed by atoms with Crippen LogP contribution in [-0.2, 0) is 4.79 Å². The van der Waals surface area contributed by atoms with E-state index >= 15 is 0 Å². The molecule has 94 valence electrons. The molecule has 5 nitrogen and oxygen atoms in total. The zero-order valence-electron chi connectivity index (χ0n) is 10.4. The van der Waals surface area contributed by atoms with Crippen molar-refractivity contribution in [2.75, 3.05) is 11.4 Å². The summed E-state index contributed by atoms with van der Waals surface area (Å²) >= 11 is 0. The zero-order chi connectivity index (χ0) is 12.4. The molecule has 1 fully saturated rings. The summed E-state index contributed by atoms with van der Waals surface area (Å²) in [6, 6.07) is 0.108. The van der Waals surface area contributed by atoms with Gasteiger partial charge in [0, 0.05) is 12.6 Å². The Morgan fingerprint density at radius 1 is 1.53 bits per heavy atom. The summed E-state index contributed by atoms with van der Waals surface area (Å²) in [6.45, 7) is 4.88. The van der Waals surface area contributed by atoms with E-state index in [4.69, 9.17) is 5.11 Å². The lowest BCUT2D eigenvalue weighted by Gasteiger charge is -2.37. The topological polar surface area (TPSA) is 69.2 Å². The first kappa shape index (κ1) is 12.0. The van der Waals surface area contributed by atoms with Gasteiger partial charge in [0.1, 0.15) is 0 Å². The lowest BCUT2D eigenvalue weighted by Crippen LogP contribution is -2.41. The van der Waals surface area contributed by atoms with Crippen molar-refractivity contribution in [1.82, 2.24) is 10.2 Å². The van der Waals surface area contributed by atoms with Gasteiger partial charge in [-0.2, -0.15) is 5.10 Å². The number of aromatic nitrogens is 2. The van der Waals surface area contributed by atoms with Crippen molar-refractivity contribution in [2.45, 2.75) is 45.6 Å². The molecule has 0 bridgehead atoms. The SMILES string of the molecule is Cc1n[nH]c(C)c1N1CCCCC1CC(=O)O. The predicted molar refractivity (Wildman–Crippen MR) is 65.3 cm³/mol. The highest BCUT2D eigenvalue weighted by Gasteiger charge is 2.27. The predicted octanol–water partition coefficient (Wildman–Crippen LogP) is 1.86. The first-order valence-electron chi connectivity index (χ1n) is 6.09. The molecule has 1 atom stereocenters. The van der Waals surface area contributed by atoms with Crippen LogP contribution in [0, 0.1) is 13.8 Å². The van der Waals surface area contributed by atoms with Gasteiger partial charge in [-0.05, 0) is 33.1 Å². The fraction of sp³-hybridized carbons (Fsp3) is 0.667. The Balaban J connectivity index is 2.24. The average molecular weight is 237 g/mol. The van der Waals surface area contributed by atoms with Gasteiger partial charge in [-0.3, -0.25) is 9.89 Å². The molecular weight excluding hydrogens is 218 g/mol. The second-order valence-corrected chi connectivity index (χ2v) is 4.72. The van der Waals surface area contributed by atoms with E-state index in [2.05, 4.69) is 15.1 Å². The van der Waals surface area contributed by atoms with E-state index in [-0.39, 0.29) is 12.5 Å². The Morgan fingerprint density at radius 2 is 2.29 bits per heavy atom. The molecular formula is C12H19N3O2. The maximum Gasteiger partial charge on any atom is 0.305 e. The van der Waals surface area contributed by atoms with Crippen molar-refractivity contribution in [1.29, 1.82) is 0 Å². The average Bonchev–Trinajstić information content (AvgIpc) is 2.59. The van der Waals surface area contributed by atoms with Gasteiger partial charge in [0.15, 0.2) is 0 Å². The van der Waals surface area contributed by atoms with Gasteiger partial charge in [0.25, 0.3) is 0 Å². The van der Waals surface area contributed by atoms with Crippen LogP contribution in [0.4, 0.5) is 5.69 Å². The van der Waals surface area contributed by atoms with Crippen LogP contribution in [0.15, 0.2) is 0 Å². The molecule has 5 heteroatoms. The largest absolute Gasteiger partial charge is 0.481 e. The quantitative estimate of drug-likeness (QED) is 0.842. The summed E-state index contributed by atoms with van der Waals surface area (Å²) < 4.78 is 0. The third kappa shape index (κ3) is 2.43. The van der Waals surface area contributed by atoms with Crippen LogP contribution < -0.4 is 4.90 Å². The minimum atomic E-state index is -0.722. The molecule has 0 aromatic carbocycles. The summed E-state index contributed by atoms with van der Waals surface area (Å²) in [4.78, 5) is 13.1. The third-order valence-electron chi connectivity index (χ3n) is 3.41. The molecule has 1 aromatic rings. The normalized spacial score (nSPS) is 20.6. The number of hydrogen-bond donors (Lipinski definition) is 2. The van der Waals surface area contributed by atoms with Gasteiger partial charge in [-0.15, -0.1) is 0 Å². The molecule has 2 heterocycles. The monoisotopic (exact) mass is 237 g/mol. The van der Waals surface area contributed by atoms with E-state index in [0.717, 1.165) is 42.9 Å². The van der Waals surface area contributed by atoms with Crippen LogP contribution in [0.5, 0.6) is 0 Å². The van der Waals surface area contributed by atoms with Crippen LogP contribution in [0.3, 0.4) is 0 Å². The second-order valence-electron chi connectivity index (χ2n) is 4.72. The molecule has 0 amide bonds. The van der Waals surface area contributed by atoms with Crippen LogP contribution in [0.25, 0.3) is 0 Å². The number of nitrogens with one attached hydrogen (secondary N) is 1. The number of aromatic amines is 1. The number of nitrogens with zero attached hydrogens (tertiary/aromatic N) is 2. The van der Waals surface area contributed by atoms with Crippen molar-refractivity contribution in [3.63, 3.8) is 0 Å². The van der Waals surface area contributed by atoms with Crippen molar-refractivity contribution in [3.8, 4) is 0 Å². The molecule has 2 rings (SSSR count). The van der Waals surface area contributed by atoms with Gasteiger partial charge in [-0.1, -0.05) is 0 Å². The summed E-state index contributed by atoms with van der Waals surface area (Å²) in [5.41, 5.74) is 3.08. The van der Waals surface area contributed by atoms with Crippen molar-refractivity contribution < 1.29 is 9.90 Å². The summed E-state index contributed by atoms with van der Waals surface area (Å²) in [6.07, 6.45) is 3.41. The standard InChI is InChI=1S/C12H19N3O2/c1-8-12(9(2)14-13-8)15-6-4-3-5-10(15)7-11(16)17/h10H,3-7H2,1-2H3,(H,13,14)(H,16,17). The van der Waals surface area contributed by atoms with Crippen LogP contribution in [0.1, 0.15) is 37.1 Å². The molecule has 0 saturated carbocycles. The van der Waals surface area contributed by atoms with Gasteiger partial charge >= 0.3 is 5.97 Å². The van der Waals surface area contributed by atoms with E-state index < -0.39 is 5.97 Å². The number of rotatable bonds is 3. The van der Waals surface area contributed by atoms with E-state index in [0.29, 0.717) is 0 Å². The first-order valence-corrected chi connectivity index (χ1v) is 6.09. The minimum absolute atomic E-state index is 0.108. The highest BCUT2D eigenvalue weighted by molar-refractivity contribution is 5.69. The number of carboxylic acids is 1. The van der Waals surface area contributed by atoms with Crippen molar-refractivity contribution in [2.24, 2.45) is 0 Å². The van der Waals surface area contributed by atoms with Crippen molar-refractivity contribution >= 4 is 11.7 Å². The molecule has 1 aliphatic heterocycles. The number of aliphatic carboxylic acids is 1. The number of carboxylic acid groups (broad SMARTS) is 1. The lowest BCUT2D eigenvalue weighted by atomic mass is 9.98. The molecule has 2 N–H and O–H groups in total. The van der Waals surface area contributed by atoms with Gasteiger partial charge in [-0.25, -0.2) is 0 Å². The lowest BCUT2D eigenvalue weighted by molar-refractivity contribution is -0.137. The highest BCUT2D eigenvalue weighted by Crippen LogP contribution is 2.30. The first-order chi connectivity index (χ1) is 8.09. The fourth-order valence-corrected chi connectivity index (χ4v) is 2.68. The summed E-state index contributed by atoms with van der Waals surface area (Å²) in [5, 5.41) is 16.1. The van der Waals surface area contributed by atoms with E-state index in [9.17, 15) is 4.79 Å². The molecule has 0 aliphatic carbocycles. The summed E-state index contributed by atoms with van der Waals surface area (Å²) in [5.74, 6) is -0.722. The number of hydrogen-bond acceptors (Lipinski definition) is 3. The maximum absolute atomic E-state index is 10.9. The van der Waals surface area contributed by atoms with E-state index in [1.165, 1.54) is 0 Å². The third-order valence-corrected chi connectivity index (χ3v) is 3.41. The number of H-pyrrole nitrogens is 1. The summed E-state index contributed by atoms with van der Waals surface area (Å²) in [7, 11) is 0. The Labute approximate surface area is 101 Å².